The zero-order valence-corrected chi connectivity index (χ0v) is 11.5. The van der Waals surface area contributed by atoms with Gasteiger partial charge < -0.3 is 9.84 Å². The SMILES string of the molecule is CC(C)C1CCC(N2CCOC(C(=O)O)C2)CC1. The molecule has 0 aromatic heterocycles. The lowest BCUT2D eigenvalue weighted by atomic mass is 9.79. The Kier molecular flexibility index (Phi) is 4.62. The van der Waals surface area contributed by atoms with Crippen LogP contribution in [0.5, 0.6) is 0 Å². The van der Waals surface area contributed by atoms with Crippen LogP contribution in [0.4, 0.5) is 0 Å². The molecule has 4 nitrogen and oxygen atoms in total. The number of ether oxygens (including phenoxy) is 1. The second-order valence-electron chi connectivity index (χ2n) is 6.01. The first-order valence-electron chi connectivity index (χ1n) is 7.16. The molecule has 0 aromatic rings. The molecule has 0 bridgehead atoms. The molecule has 4 heteroatoms. The Balaban J connectivity index is 1.84. The van der Waals surface area contributed by atoms with Crippen LogP contribution in [0.1, 0.15) is 39.5 Å². The summed E-state index contributed by atoms with van der Waals surface area (Å²) in [5.41, 5.74) is 0. The van der Waals surface area contributed by atoms with Crippen LogP contribution < -0.4 is 0 Å². The predicted octanol–water partition coefficient (Wildman–Crippen LogP) is 1.99. The van der Waals surface area contributed by atoms with E-state index in [9.17, 15) is 4.79 Å². The van der Waals surface area contributed by atoms with Crippen molar-refractivity contribution in [3.05, 3.63) is 0 Å². The highest BCUT2D eigenvalue weighted by molar-refractivity contribution is 5.72. The molecule has 1 saturated heterocycles. The van der Waals surface area contributed by atoms with Crippen molar-refractivity contribution in [2.45, 2.75) is 51.7 Å². The fourth-order valence-corrected chi connectivity index (χ4v) is 3.28. The van der Waals surface area contributed by atoms with Crippen molar-refractivity contribution in [3.63, 3.8) is 0 Å². The highest BCUT2D eigenvalue weighted by atomic mass is 16.5. The number of carboxylic acid groups (broad SMARTS) is 1. The number of morpholine rings is 1. The quantitative estimate of drug-likeness (QED) is 0.838. The molecule has 1 atom stereocenters. The van der Waals surface area contributed by atoms with Gasteiger partial charge in [-0.2, -0.15) is 0 Å². The summed E-state index contributed by atoms with van der Waals surface area (Å²) in [6.07, 6.45) is 4.39. The second-order valence-corrected chi connectivity index (χ2v) is 6.01. The van der Waals surface area contributed by atoms with Crippen molar-refractivity contribution >= 4 is 5.97 Å². The third kappa shape index (κ3) is 3.23. The minimum absolute atomic E-state index is 0.557. The highest BCUT2D eigenvalue weighted by Crippen LogP contribution is 2.32. The number of carboxylic acids is 1. The molecule has 1 saturated carbocycles. The van der Waals surface area contributed by atoms with E-state index < -0.39 is 12.1 Å². The van der Waals surface area contributed by atoms with Crippen LogP contribution in [0.2, 0.25) is 0 Å². The maximum absolute atomic E-state index is 11.0. The summed E-state index contributed by atoms with van der Waals surface area (Å²) in [5, 5.41) is 9.02. The standard InChI is InChI=1S/C14H25NO3/c1-10(2)11-3-5-12(6-4-11)15-7-8-18-13(9-15)14(16)17/h10-13H,3-9H2,1-2H3,(H,16,17). The summed E-state index contributed by atoms with van der Waals surface area (Å²) in [6.45, 7) is 6.62. The topological polar surface area (TPSA) is 49.8 Å². The van der Waals surface area contributed by atoms with Crippen LogP contribution in [0.3, 0.4) is 0 Å². The number of hydrogen-bond donors (Lipinski definition) is 1. The first-order valence-corrected chi connectivity index (χ1v) is 7.16. The average molecular weight is 255 g/mol. The monoisotopic (exact) mass is 255 g/mol. The Hall–Kier alpha value is -0.610. The fraction of sp³-hybridized carbons (Fsp3) is 0.929. The maximum Gasteiger partial charge on any atom is 0.334 e. The van der Waals surface area contributed by atoms with Gasteiger partial charge in [0.2, 0.25) is 0 Å². The van der Waals surface area contributed by atoms with E-state index in [-0.39, 0.29) is 0 Å². The van der Waals surface area contributed by atoms with Gasteiger partial charge in [-0.15, -0.1) is 0 Å². The molecule has 0 radical (unpaired) electrons. The van der Waals surface area contributed by atoms with Gasteiger partial charge >= 0.3 is 5.97 Å². The first-order chi connectivity index (χ1) is 8.58. The Morgan fingerprint density at radius 3 is 2.50 bits per heavy atom. The van der Waals surface area contributed by atoms with E-state index in [1.165, 1.54) is 25.7 Å². The lowest BCUT2D eigenvalue weighted by Crippen LogP contribution is -2.51. The third-order valence-corrected chi connectivity index (χ3v) is 4.57. The molecular weight excluding hydrogens is 230 g/mol. The van der Waals surface area contributed by atoms with Crippen LogP contribution in [0, 0.1) is 11.8 Å². The lowest BCUT2D eigenvalue weighted by Gasteiger charge is -2.41. The molecule has 0 amide bonds. The van der Waals surface area contributed by atoms with Crippen molar-refractivity contribution in [1.82, 2.24) is 4.90 Å². The molecule has 2 fully saturated rings. The molecular formula is C14H25NO3. The summed E-state index contributed by atoms with van der Waals surface area (Å²) in [5.74, 6) is 0.815. The molecule has 1 aliphatic heterocycles. The summed E-state index contributed by atoms with van der Waals surface area (Å²) in [4.78, 5) is 13.3. The average Bonchev–Trinajstić information content (AvgIpc) is 2.39. The van der Waals surface area contributed by atoms with E-state index >= 15 is 0 Å². The van der Waals surface area contributed by atoms with E-state index in [1.54, 1.807) is 0 Å². The molecule has 1 N–H and O–H groups in total. The van der Waals surface area contributed by atoms with Crippen molar-refractivity contribution < 1.29 is 14.6 Å². The van der Waals surface area contributed by atoms with Gasteiger partial charge in [-0.05, 0) is 37.5 Å². The van der Waals surface area contributed by atoms with Gasteiger partial charge in [-0.3, -0.25) is 4.90 Å². The molecule has 0 aromatic carbocycles. The molecule has 18 heavy (non-hydrogen) atoms. The Bertz CT molecular complexity index is 285. The van der Waals surface area contributed by atoms with E-state index in [0.717, 1.165) is 18.4 Å². The highest BCUT2D eigenvalue weighted by Gasteiger charge is 2.32. The third-order valence-electron chi connectivity index (χ3n) is 4.57. The number of rotatable bonds is 3. The minimum atomic E-state index is -0.824. The van der Waals surface area contributed by atoms with E-state index in [4.69, 9.17) is 9.84 Å². The molecule has 2 aliphatic rings. The van der Waals surface area contributed by atoms with Crippen molar-refractivity contribution in [3.8, 4) is 0 Å². The summed E-state index contributed by atoms with van der Waals surface area (Å²) in [7, 11) is 0. The Morgan fingerprint density at radius 2 is 1.94 bits per heavy atom. The van der Waals surface area contributed by atoms with Gasteiger partial charge in [0.05, 0.1) is 6.61 Å². The number of nitrogens with zero attached hydrogens (tertiary/aromatic N) is 1. The number of hydrogen-bond acceptors (Lipinski definition) is 3. The van der Waals surface area contributed by atoms with Gasteiger partial charge in [0, 0.05) is 19.1 Å². The van der Waals surface area contributed by atoms with Crippen LogP contribution in [-0.4, -0.2) is 47.8 Å². The normalized spacial score (nSPS) is 34.7. The summed E-state index contributed by atoms with van der Waals surface area (Å²) in [6, 6.07) is 0.575. The van der Waals surface area contributed by atoms with E-state index in [0.29, 0.717) is 19.2 Å². The largest absolute Gasteiger partial charge is 0.479 e. The van der Waals surface area contributed by atoms with Crippen LogP contribution in [-0.2, 0) is 9.53 Å². The van der Waals surface area contributed by atoms with Crippen molar-refractivity contribution in [2.24, 2.45) is 11.8 Å². The lowest BCUT2D eigenvalue weighted by molar-refractivity contribution is -0.157. The number of carbonyl (C=O) groups is 1. The van der Waals surface area contributed by atoms with Gasteiger partial charge in [0.25, 0.3) is 0 Å². The predicted molar refractivity (Wildman–Crippen MR) is 69.5 cm³/mol. The van der Waals surface area contributed by atoms with Crippen LogP contribution >= 0.6 is 0 Å². The Labute approximate surface area is 109 Å². The maximum atomic E-state index is 11.0. The second kappa shape index (κ2) is 6.02. The molecule has 0 spiro atoms. The zero-order valence-electron chi connectivity index (χ0n) is 11.5. The van der Waals surface area contributed by atoms with E-state index in [2.05, 4.69) is 18.7 Å². The molecule has 2 rings (SSSR count). The molecule has 1 unspecified atom stereocenters. The smallest absolute Gasteiger partial charge is 0.334 e. The van der Waals surface area contributed by atoms with Gasteiger partial charge in [-0.25, -0.2) is 4.79 Å². The number of aliphatic carboxylic acids is 1. The van der Waals surface area contributed by atoms with Crippen molar-refractivity contribution in [1.29, 1.82) is 0 Å². The van der Waals surface area contributed by atoms with Gasteiger partial charge in [0.15, 0.2) is 6.10 Å². The zero-order chi connectivity index (χ0) is 13.1. The Morgan fingerprint density at radius 1 is 1.28 bits per heavy atom. The van der Waals surface area contributed by atoms with Crippen LogP contribution in [0.15, 0.2) is 0 Å². The summed E-state index contributed by atoms with van der Waals surface area (Å²) >= 11 is 0. The van der Waals surface area contributed by atoms with E-state index in [1.807, 2.05) is 0 Å². The van der Waals surface area contributed by atoms with Gasteiger partial charge in [0.1, 0.15) is 0 Å². The molecule has 1 heterocycles. The fourth-order valence-electron chi connectivity index (χ4n) is 3.28. The van der Waals surface area contributed by atoms with Crippen LogP contribution in [0.25, 0.3) is 0 Å². The minimum Gasteiger partial charge on any atom is -0.479 e. The molecule has 104 valence electrons. The summed E-state index contributed by atoms with van der Waals surface area (Å²) < 4.78 is 5.28. The first kappa shape index (κ1) is 13.8. The van der Waals surface area contributed by atoms with Crippen molar-refractivity contribution in [2.75, 3.05) is 19.7 Å². The molecule has 1 aliphatic carbocycles. The van der Waals surface area contributed by atoms with Gasteiger partial charge in [-0.1, -0.05) is 13.8 Å².